The monoisotopic (exact) mass is 429 g/mol. The van der Waals surface area contributed by atoms with Crippen molar-refractivity contribution in [3.05, 3.63) is 58.6 Å². The van der Waals surface area contributed by atoms with E-state index in [1.165, 1.54) is 36.2 Å². The highest BCUT2D eigenvalue weighted by Crippen LogP contribution is 2.29. The number of aryl methyl sites for hydroxylation is 1. The largest absolute Gasteiger partial charge is 0.371 e. The van der Waals surface area contributed by atoms with E-state index in [4.69, 9.17) is 23.8 Å². The molecular weight excluding hydrogens is 398 g/mol. The van der Waals surface area contributed by atoms with Crippen LogP contribution in [-0.4, -0.2) is 29.1 Å². The van der Waals surface area contributed by atoms with Crippen LogP contribution in [0.15, 0.2) is 42.5 Å². The number of hydrogen-bond donors (Lipinski definition) is 1. The maximum absolute atomic E-state index is 6.13. The van der Waals surface area contributed by atoms with Gasteiger partial charge in [0.05, 0.1) is 0 Å². The predicted molar refractivity (Wildman–Crippen MR) is 130 cm³/mol. The zero-order chi connectivity index (χ0) is 20.8. The molecule has 0 amide bonds. The number of thiocarbonyl (C=S) groups is 1. The van der Waals surface area contributed by atoms with Gasteiger partial charge in [-0.3, -0.25) is 0 Å². The van der Waals surface area contributed by atoms with E-state index in [-0.39, 0.29) is 0 Å². The molecule has 1 aliphatic heterocycles. The molecule has 2 aromatic rings. The summed E-state index contributed by atoms with van der Waals surface area (Å²) in [4.78, 5) is 4.81. The van der Waals surface area contributed by atoms with Gasteiger partial charge in [0.15, 0.2) is 5.11 Å². The van der Waals surface area contributed by atoms with Gasteiger partial charge in [0.2, 0.25) is 0 Å². The van der Waals surface area contributed by atoms with E-state index >= 15 is 0 Å². The molecule has 0 aliphatic carbocycles. The van der Waals surface area contributed by atoms with Gasteiger partial charge in [-0.15, -0.1) is 0 Å². The maximum Gasteiger partial charge on any atom is 0.173 e. The van der Waals surface area contributed by atoms with E-state index in [9.17, 15) is 0 Å². The summed E-state index contributed by atoms with van der Waals surface area (Å²) in [6.45, 7) is 9.80. The topological polar surface area (TPSA) is 18.5 Å². The lowest BCUT2D eigenvalue weighted by Gasteiger charge is -2.33. The molecule has 1 heterocycles. The van der Waals surface area contributed by atoms with E-state index in [1.54, 1.807) is 0 Å². The Labute approximate surface area is 186 Å². The molecule has 0 radical (unpaired) electrons. The molecule has 0 fully saturated rings. The van der Waals surface area contributed by atoms with Crippen LogP contribution in [0.25, 0.3) is 0 Å². The van der Waals surface area contributed by atoms with Crippen molar-refractivity contribution in [2.45, 2.75) is 59.0 Å². The average Bonchev–Trinajstić information content (AvgIpc) is 2.71. The van der Waals surface area contributed by atoms with E-state index in [0.717, 1.165) is 36.7 Å². The Morgan fingerprint density at radius 2 is 2.07 bits per heavy atom. The van der Waals surface area contributed by atoms with Crippen molar-refractivity contribution in [1.82, 2.24) is 4.90 Å². The first kappa shape index (κ1) is 21.9. The number of nitrogens with zero attached hydrogens (tertiary/aromatic N) is 2. The molecule has 0 saturated heterocycles. The molecule has 5 heteroatoms. The summed E-state index contributed by atoms with van der Waals surface area (Å²) in [5, 5.41) is 4.82. The molecule has 1 N–H and O–H groups in total. The summed E-state index contributed by atoms with van der Waals surface area (Å²) < 4.78 is 0. The number of fused-ring (bicyclic) bond motifs is 1. The zero-order valence-corrected chi connectivity index (χ0v) is 19.3. The third kappa shape index (κ3) is 5.64. The summed E-state index contributed by atoms with van der Waals surface area (Å²) in [7, 11) is 0. The number of benzene rings is 2. The van der Waals surface area contributed by atoms with Crippen molar-refractivity contribution in [2.75, 3.05) is 23.3 Å². The SMILES string of the molecule is CCCN1CCCc2cc(CN(C(=S)Nc3cccc(Cl)c3)[C@H](C)CC)ccc21. The van der Waals surface area contributed by atoms with Gasteiger partial charge < -0.3 is 15.1 Å². The zero-order valence-electron chi connectivity index (χ0n) is 17.7. The highest BCUT2D eigenvalue weighted by Gasteiger charge is 2.20. The molecule has 2 aromatic carbocycles. The quantitative estimate of drug-likeness (QED) is 0.506. The van der Waals surface area contributed by atoms with Crippen molar-refractivity contribution >= 4 is 40.3 Å². The fourth-order valence-electron chi connectivity index (χ4n) is 3.94. The fourth-order valence-corrected chi connectivity index (χ4v) is 4.49. The van der Waals surface area contributed by atoms with Gasteiger partial charge in [-0.1, -0.05) is 43.6 Å². The predicted octanol–water partition coefficient (Wildman–Crippen LogP) is 6.50. The average molecular weight is 430 g/mol. The second-order valence-corrected chi connectivity index (χ2v) is 8.70. The molecular formula is C24H32ClN3S. The van der Waals surface area contributed by atoms with Crippen LogP contribution in [0.5, 0.6) is 0 Å². The summed E-state index contributed by atoms with van der Waals surface area (Å²) in [5.74, 6) is 0. The normalized spacial score (nSPS) is 14.3. The van der Waals surface area contributed by atoms with Gasteiger partial charge in [-0.25, -0.2) is 0 Å². The molecule has 0 unspecified atom stereocenters. The maximum atomic E-state index is 6.13. The second kappa shape index (κ2) is 10.3. The van der Waals surface area contributed by atoms with E-state index in [1.807, 2.05) is 24.3 Å². The van der Waals surface area contributed by atoms with Crippen LogP contribution in [-0.2, 0) is 13.0 Å². The third-order valence-electron chi connectivity index (χ3n) is 5.66. The first-order valence-electron chi connectivity index (χ1n) is 10.7. The lowest BCUT2D eigenvalue weighted by atomic mass is 9.98. The Balaban J connectivity index is 1.77. The Kier molecular flexibility index (Phi) is 7.79. The van der Waals surface area contributed by atoms with Crippen molar-refractivity contribution < 1.29 is 0 Å². The van der Waals surface area contributed by atoms with Crippen molar-refractivity contribution in [3.8, 4) is 0 Å². The summed E-state index contributed by atoms with van der Waals surface area (Å²) >= 11 is 11.9. The molecule has 1 aliphatic rings. The molecule has 0 aromatic heterocycles. The molecule has 3 rings (SSSR count). The summed E-state index contributed by atoms with van der Waals surface area (Å²) in [5.41, 5.74) is 5.13. The smallest absolute Gasteiger partial charge is 0.173 e. The van der Waals surface area contributed by atoms with Crippen molar-refractivity contribution in [2.24, 2.45) is 0 Å². The summed E-state index contributed by atoms with van der Waals surface area (Å²) in [6.07, 6.45) is 4.62. The van der Waals surface area contributed by atoms with Crippen LogP contribution in [0.3, 0.4) is 0 Å². The molecule has 156 valence electrons. The molecule has 1 atom stereocenters. The van der Waals surface area contributed by atoms with E-state index in [2.05, 4.69) is 54.1 Å². The van der Waals surface area contributed by atoms with Gasteiger partial charge in [0.1, 0.15) is 0 Å². The Morgan fingerprint density at radius 1 is 1.24 bits per heavy atom. The van der Waals surface area contributed by atoms with Gasteiger partial charge >= 0.3 is 0 Å². The number of hydrogen-bond acceptors (Lipinski definition) is 2. The number of halogens is 1. The van der Waals surface area contributed by atoms with Crippen molar-refractivity contribution in [1.29, 1.82) is 0 Å². The lowest BCUT2D eigenvalue weighted by Crippen LogP contribution is -2.40. The molecule has 0 saturated carbocycles. The standard InChI is InChI=1S/C24H32ClN3S/c1-4-13-27-14-7-8-20-15-19(11-12-23(20)27)17-28(18(3)5-2)24(29)26-22-10-6-9-21(25)16-22/h6,9-12,15-16,18H,4-5,7-8,13-14,17H2,1-3H3,(H,26,29)/t18-/m1/s1. The van der Waals surface area contributed by atoms with E-state index in [0.29, 0.717) is 11.1 Å². The van der Waals surface area contributed by atoms with Crippen LogP contribution < -0.4 is 10.2 Å². The molecule has 3 nitrogen and oxygen atoms in total. The second-order valence-electron chi connectivity index (χ2n) is 7.88. The lowest BCUT2D eigenvalue weighted by molar-refractivity contribution is 0.319. The highest BCUT2D eigenvalue weighted by atomic mass is 35.5. The van der Waals surface area contributed by atoms with Crippen LogP contribution in [0, 0.1) is 0 Å². The minimum atomic E-state index is 0.349. The number of anilines is 2. The van der Waals surface area contributed by atoms with Crippen LogP contribution >= 0.6 is 23.8 Å². The minimum absolute atomic E-state index is 0.349. The minimum Gasteiger partial charge on any atom is -0.371 e. The summed E-state index contributed by atoms with van der Waals surface area (Å²) in [6, 6.07) is 15.0. The highest BCUT2D eigenvalue weighted by molar-refractivity contribution is 7.80. The molecule has 0 bridgehead atoms. The van der Waals surface area contributed by atoms with Crippen LogP contribution in [0.4, 0.5) is 11.4 Å². The Bertz CT molecular complexity index is 839. The van der Waals surface area contributed by atoms with Gasteiger partial charge in [0, 0.05) is 42.1 Å². The number of nitrogens with one attached hydrogen (secondary N) is 1. The Hall–Kier alpha value is -1.78. The van der Waals surface area contributed by atoms with Crippen LogP contribution in [0.1, 0.15) is 51.2 Å². The van der Waals surface area contributed by atoms with Gasteiger partial charge in [-0.05, 0) is 80.2 Å². The fraction of sp³-hybridized carbons (Fsp3) is 0.458. The third-order valence-corrected chi connectivity index (χ3v) is 6.24. The molecule has 0 spiro atoms. The van der Waals surface area contributed by atoms with Gasteiger partial charge in [0.25, 0.3) is 0 Å². The van der Waals surface area contributed by atoms with Crippen molar-refractivity contribution in [3.63, 3.8) is 0 Å². The number of rotatable bonds is 7. The van der Waals surface area contributed by atoms with Crippen LogP contribution in [0.2, 0.25) is 5.02 Å². The van der Waals surface area contributed by atoms with E-state index < -0.39 is 0 Å². The first-order chi connectivity index (χ1) is 14.0. The Morgan fingerprint density at radius 3 is 2.79 bits per heavy atom. The molecule has 29 heavy (non-hydrogen) atoms. The first-order valence-corrected chi connectivity index (χ1v) is 11.5. The van der Waals surface area contributed by atoms with Gasteiger partial charge in [-0.2, -0.15) is 0 Å².